The number of hydrogen-bond acceptors (Lipinski definition) is 4. The molecule has 0 atom stereocenters. The number of fused-ring (bicyclic) bond motifs is 1. The number of rotatable bonds is 6. The monoisotopic (exact) mass is 336 g/mol. The van der Waals surface area contributed by atoms with Crippen LogP contribution >= 0.6 is 0 Å². The van der Waals surface area contributed by atoms with Crippen LogP contribution in [0.15, 0.2) is 42.0 Å². The third-order valence-corrected chi connectivity index (χ3v) is 4.58. The molecule has 1 N–H and O–H groups in total. The number of quaternary nitrogens is 1. The highest BCUT2D eigenvalue weighted by molar-refractivity contribution is 6.00. The highest BCUT2D eigenvalue weighted by Gasteiger charge is 2.15. The van der Waals surface area contributed by atoms with Gasteiger partial charge in [0.25, 0.3) is 0 Å². The minimum atomic E-state index is -1.48. The lowest BCUT2D eigenvalue weighted by Crippen LogP contribution is -3.10. The number of carboxylic acid groups (broad SMARTS) is 1. The first-order valence-corrected chi connectivity index (χ1v) is 8.50. The quantitative estimate of drug-likeness (QED) is 0.617. The fraction of sp³-hybridized carbons (Fsp3) is 0.300. The van der Waals surface area contributed by atoms with Crippen LogP contribution in [0.1, 0.15) is 18.4 Å². The highest BCUT2D eigenvalue weighted by atomic mass is 16.5. The van der Waals surface area contributed by atoms with E-state index in [-0.39, 0.29) is 0 Å². The van der Waals surface area contributed by atoms with Crippen LogP contribution in [-0.2, 0) is 4.79 Å². The minimum Gasteiger partial charge on any atom is -0.544 e. The van der Waals surface area contributed by atoms with Gasteiger partial charge in [-0.25, -0.2) is 0 Å². The molecule has 0 spiro atoms. The lowest BCUT2D eigenvalue weighted by Gasteiger charge is -2.15. The molecule has 5 nitrogen and oxygen atoms in total. The SMILES string of the molecule is N#C/C(=C\c1c(OCC[NH+]2CCCC2)ccc2ccccc12)C(=O)[O-]. The second-order valence-electron chi connectivity index (χ2n) is 6.21. The van der Waals surface area contributed by atoms with E-state index in [4.69, 9.17) is 10.00 Å². The largest absolute Gasteiger partial charge is 0.544 e. The molecule has 1 aliphatic heterocycles. The number of aliphatic carboxylic acids is 1. The van der Waals surface area contributed by atoms with Crippen molar-refractivity contribution < 1.29 is 19.5 Å². The molecule has 128 valence electrons. The summed E-state index contributed by atoms with van der Waals surface area (Å²) >= 11 is 0. The summed E-state index contributed by atoms with van der Waals surface area (Å²) in [6.07, 6.45) is 3.86. The summed E-state index contributed by atoms with van der Waals surface area (Å²) in [6, 6.07) is 13.1. The number of hydrogen-bond donors (Lipinski definition) is 1. The maximum atomic E-state index is 11.1. The third kappa shape index (κ3) is 3.98. The number of likely N-dealkylation sites (tertiary alicyclic amines) is 1. The zero-order valence-electron chi connectivity index (χ0n) is 14.0. The van der Waals surface area contributed by atoms with Crippen molar-refractivity contribution >= 4 is 22.8 Å². The first-order chi connectivity index (χ1) is 12.2. The summed E-state index contributed by atoms with van der Waals surface area (Å²) in [5, 5.41) is 22.0. The van der Waals surface area contributed by atoms with Gasteiger partial charge >= 0.3 is 0 Å². The predicted octanol–water partition coefficient (Wildman–Crippen LogP) is 0.554. The number of carbonyl (C=O) groups is 1. The maximum absolute atomic E-state index is 11.1. The molecule has 0 aliphatic carbocycles. The van der Waals surface area contributed by atoms with Crippen molar-refractivity contribution in [2.75, 3.05) is 26.2 Å². The Kier molecular flexibility index (Phi) is 5.32. The van der Waals surface area contributed by atoms with Crippen molar-refractivity contribution in [3.05, 3.63) is 47.5 Å². The predicted molar refractivity (Wildman–Crippen MR) is 92.8 cm³/mol. The van der Waals surface area contributed by atoms with E-state index in [1.165, 1.54) is 36.9 Å². The van der Waals surface area contributed by atoms with E-state index in [0.29, 0.717) is 17.9 Å². The fourth-order valence-electron chi connectivity index (χ4n) is 3.26. The zero-order chi connectivity index (χ0) is 17.6. The zero-order valence-corrected chi connectivity index (χ0v) is 14.0. The van der Waals surface area contributed by atoms with Crippen molar-refractivity contribution in [1.82, 2.24) is 0 Å². The normalized spacial score (nSPS) is 15.2. The summed E-state index contributed by atoms with van der Waals surface area (Å²) in [7, 11) is 0. The minimum absolute atomic E-state index is 0.411. The number of carbonyl (C=O) groups excluding carboxylic acids is 1. The number of nitrogens with zero attached hydrogens (tertiary/aromatic N) is 1. The Morgan fingerprint density at radius 3 is 2.72 bits per heavy atom. The highest BCUT2D eigenvalue weighted by Crippen LogP contribution is 2.30. The molecule has 0 radical (unpaired) electrons. The lowest BCUT2D eigenvalue weighted by atomic mass is 10.0. The molecule has 2 aromatic carbocycles. The summed E-state index contributed by atoms with van der Waals surface area (Å²) in [5.41, 5.74) is 0.196. The van der Waals surface area contributed by atoms with Crippen LogP contribution in [0.3, 0.4) is 0 Å². The van der Waals surface area contributed by atoms with Crippen molar-refractivity contribution in [2.45, 2.75) is 12.8 Å². The van der Waals surface area contributed by atoms with Crippen LogP contribution in [0.5, 0.6) is 5.75 Å². The molecule has 1 aliphatic rings. The van der Waals surface area contributed by atoms with Gasteiger partial charge in [-0.05, 0) is 22.9 Å². The Morgan fingerprint density at radius 2 is 2.00 bits per heavy atom. The van der Waals surface area contributed by atoms with Crippen molar-refractivity contribution in [1.29, 1.82) is 5.26 Å². The van der Waals surface area contributed by atoms with E-state index < -0.39 is 11.5 Å². The maximum Gasteiger partial charge on any atom is 0.137 e. The summed E-state index contributed by atoms with van der Waals surface area (Å²) in [4.78, 5) is 12.7. The molecule has 2 aromatic rings. The van der Waals surface area contributed by atoms with Crippen LogP contribution in [-0.4, -0.2) is 32.2 Å². The third-order valence-electron chi connectivity index (χ3n) is 4.58. The second-order valence-corrected chi connectivity index (χ2v) is 6.21. The molecule has 25 heavy (non-hydrogen) atoms. The van der Waals surface area contributed by atoms with Gasteiger partial charge in [0.15, 0.2) is 0 Å². The van der Waals surface area contributed by atoms with Crippen LogP contribution in [0.4, 0.5) is 0 Å². The fourth-order valence-corrected chi connectivity index (χ4v) is 3.26. The summed E-state index contributed by atoms with van der Waals surface area (Å²) < 4.78 is 5.94. The molecule has 1 fully saturated rings. The molecule has 0 aromatic heterocycles. The molecule has 1 saturated heterocycles. The molecule has 0 bridgehead atoms. The van der Waals surface area contributed by atoms with Gasteiger partial charge in [-0.15, -0.1) is 0 Å². The average Bonchev–Trinajstić information content (AvgIpc) is 3.13. The van der Waals surface area contributed by atoms with Crippen LogP contribution in [0, 0.1) is 11.3 Å². The first-order valence-electron chi connectivity index (χ1n) is 8.50. The molecular weight excluding hydrogens is 316 g/mol. The van der Waals surface area contributed by atoms with Gasteiger partial charge < -0.3 is 19.5 Å². The molecule has 5 heteroatoms. The summed E-state index contributed by atoms with van der Waals surface area (Å²) in [6.45, 7) is 3.83. The number of nitrogens with one attached hydrogen (secondary N) is 1. The van der Waals surface area contributed by atoms with Gasteiger partial charge in [0.05, 0.1) is 24.6 Å². The number of nitriles is 1. The Bertz CT molecular complexity index is 846. The van der Waals surface area contributed by atoms with Crippen LogP contribution in [0.2, 0.25) is 0 Å². The smallest absolute Gasteiger partial charge is 0.137 e. The van der Waals surface area contributed by atoms with Gasteiger partial charge in [0.2, 0.25) is 0 Å². The van der Waals surface area contributed by atoms with E-state index in [9.17, 15) is 9.90 Å². The number of ether oxygens (including phenoxy) is 1. The molecule has 0 unspecified atom stereocenters. The molecule has 0 saturated carbocycles. The second kappa shape index (κ2) is 7.82. The molecule has 1 heterocycles. The van der Waals surface area contributed by atoms with E-state index in [1.807, 2.05) is 36.4 Å². The van der Waals surface area contributed by atoms with Crippen molar-refractivity contribution in [3.63, 3.8) is 0 Å². The number of benzene rings is 2. The van der Waals surface area contributed by atoms with Gasteiger partial charge in [-0.2, -0.15) is 5.26 Å². The van der Waals surface area contributed by atoms with E-state index in [2.05, 4.69) is 0 Å². The van der Waals surface area contributed by atoms with Crippen molar-refractivity contribution in [2.24, 2.45) is 0 Å². The molecule has 3 rings (SSSR count). The van der Waals surface area contributed by atoms with Gasteiger partial charge in [-0.1, -0.05) is 30.3 Å². The molecule has 0 amide bonds. The lowest BCUT2D eigenvalue weighted by molar-refractivity contribution is -0.887. The summed E-state index contributed by atoms with van der Waals surface area (Å²) in [5.74, 6) is -0.894. The molecular formula is C20H20N2O3. The average molecular weight is 336 g/mol. The Labute approximate surface area is 146 Å². The van der Waals surface area contributed by atoms with E-state index in [0.717, 1.165) is 17.3 Å². The van der Waals surface area contributed by atoms with Gasteiger partial charge in [0, 0.05) is 18.4 Å². The Hall–Kier alpha value is -2.84. The van der Waals surface area contributed by atoms with Gasteiger partial charge in [-0.3, -0.25) is 0 Å². The Morgan fingerprint density at radius 1 is 1.24 bits per heavy atom. The van der Waals surface area contributed by atoms with E-state index in [1.54, 1.807) is 6.07 Å². The van der Waals surface area contributed by atoms with E-state index >= 15 is 0 Å². The standard InChI is InChI=1S/C20H20N2O3/c21-14-16(20(23)24)13-18-17-6-2-1-5-15(17)7-8-19(18)25-12-11-22-9-3-4-10-22/h1-2,5-8,13H,3-4,9-12H2,(H,23,24)/b16-13+. The first kappa shape index (κ1) is 17.0. The number of carboxylic acids is 1. The van der Waals surface area contributed by atoms with Crippen LogP contribution in [0.25, 0.3) is 16.8 Å². The van der Waals surface area contributed by atoms with Crippen molar-refractivity contribution in [3.8, 4) is 11.8 Å². The Balaban J connectivity index is 1.92. The van der Waals surface area contributed by atoms with Crippen LogP contribution < -0.4 is 14.7 Å². The topological polar surface area (TPSA) is 77.6 Å². The van der Waals surface area contributed by atoms with Gasteiger partial charge in [0.1, 0.15) is 25.0 Å².